The number of carbonyl (C=O) groups is 1. The minimum absolute atomic E-state index is 0.0514. The highest BCUT2D eigenvalue weighted by Crippen LogP contribution is 2.24. The lowest BCUT2D eigenvalue weighted by Crippen LogP contribution is -2.42. The summed E-state index contributed by atoms with van der Waals surface area (Å²) in [5, 5.41) is -0.630. The standard InChI is InChI=1S/C14H18ClNO3/c1-18-10-11-2-4-12(5-3-11)13(15)14(17)16-6-8-19-9-7-16/h2-5,13H,6-10H2,1H3. The monoisotopic (exact) mass is 283 g/mol. The van der Waals surface area contributed by atoms with Gasteiger partial charge in [-0.1, -0.05) is 24.3 Å². The third-order valence-corrected chi connectivity index (χ3v) is 3.56. The van der Waals surface area contributed by atoms with Crippen LogP contribution < -0.4 is 0 Å². The van der Waals surface area contributed by atoms with Crippen molar-refractivity contribution in [3.63, 3.8) is 0 Å². The van der Waals surface area contributed by atoms with Crippen LogP contribution in [0.3, 0.4) is 0 Å². The normalized spacial score (nSPS) is 17.3. The SMILES string of the molecule is COCc1ccc(C(Cl)C(=O)N2CCOCC2)cc1. The van der Waals surface area contributed by atoms with E-state index in [1.165, 1.54) is 0 Å². The van der Waals surface area contributed by atoms with Crippen LogP contribution in [0.4, 0.5) is 0 Å². The van der Waals surface area contributed by atoms with E-state index in [-0.39, 0.29) is 5.91 Å². The predicted molar refractivity (Wildman–Crippen MR) is 73.1 cm³/mol. The first-order chi connectivity index (χ1) is 9.22. The Balaban J connectivity index is 2.01. The fourth-order valence-corrected chi connectivity index (χ4v) is 2.32. The van der Waals surface area contributed by atoms with Crippen LogP contribution in [-0.2, 0) is 20.9 Å². The molecule has 1 saturated heterocycles. The Morgan fingerprint density at radius 1 is 1.37 bits per heavy atom. The van der Waals surface area contributed by atoms with E-state index in [1.807, 2.05) is 24.3 Å². The molecule has 0 spiro atoms. The average Bonchev–Trinajstić information content (AvgIpc) is 2.48. The number of carbonyl (C=O) groups excluding carboxylic acids is 1. The van der Waals surface area contributed by atoms with E-state index in [2.05, 4.69) is 0 Å². The van der Waals surface area contributed by atoms with E-state index >= 15 is 0 Å². The van der Waals surface area contributed by atoms with Gasteiger partial charge in [-0.15, -0.1) is 11.6 Å². The molecule has 0 aliphatic carbocycles. The van der Waals surface area contributed by atoms with Gasteiger partial charge in [0.15, 0.2) is 0 Å². The van der Waals surface area contributed by atoms with Gasteiger partial charge < -0.3 is 14.4 Å². The molecule has 1 atom stereocenters. The van der Waals surface area contributed by atoms with Crippen molar-refractivity contribution < 1.29 is 14.3 Å². The number of alkyl halides is 1. The number of nitrogens with zero attached hydrogens (tertiary/aromatic N) is 1. The molecular formula is C14H18ClNO3. The van der Waals surface area contributed by atoms with Crippen LogP contribution in [0.15, 0.2) is 24.3 Å². The lowest BCUT2D eigenvalue weighted by molar-refractivity contribution is -0.134. The van der Waals surface area contributed by atoms with Gasteiger partial charge in [0.1, 0.15) is 5.38 Å². The second-order valence-electron chi connectivity index (χ2n) is 4.47. The Morgan fingerprint density at radius 3 is 2.58 bits per heavy atom. The van der Waals surface area contributed by atoms with Crippen LogP contribution in [0.25, 0.3) is 0 Å². The van der Waals surface area contributed by atoms with Gasteiger partial charge in [-0.25, -0.2) is 0 Å². The van der Waals surface area contributed by atoms with Crippen LogP contribution in [0.2, 0.25) is 0 Å². The molecule has 0 N–H and O–H groups in total. The number of rotatable bonds is 4. The van der Waals surface area contributed by atoms with E-state index in [9.17, 15) is 4.79 Å². The summed E-state index contributed by atoms with van der Waals surface area (Å²) in [5.41, 5.74) is 1.88. The molecule has 1 amide bonds. The second kappa shape index (κ2) is 6.89. The van der Waals surface area contributed by atoms with Gasteiger partial charge in [0, 0.05) is 20.2 Å². The van der Waals surface area contributed by atoms with Gasteiger partial charge in [0.25, 0.3) is 0 Å². The highest BCUT2D eigenvalue weighted by atomic mass is 35.5. The molecule has 1 aliphatic heterocycles. The minimum Gasteiger partial charge on any atom is -0.380 e. The summed E-state index contributed by atoms with van der Waals surface area (Å²) in [7, 11) is 1.65. The topological polar surface area (TPSA) is 38.8 Å². The van der Waals surface area contributed by atoms with Gasteiger partial charge in [-0.05, 0) is 11.1 Å². The molecule has 4 nitrogen and oxygen atoms in total. The van der Waals surface area contributed by atoms with Crippen LogP contribution in [0.1, 0.15) is 16.5 Å². The van der Waals surface area contributed by atoms with Crippen molar-refractivity contribution in [1.29, 1.82) is 0 Å². The zero-order valence-corrected chi connectivity index (χ0v) is 11.7. The van der Waals surface area contributed by atoms with E-state index in [4.69, 9.17) is 21.1 Å². The Kier molecular flexibility index (Phi) is 5.19. The van der Waals surface area contributed by atoms with Crippen molar-refractivity contribution in [2.45, 2.75) is 12.0 Å². The number of benzene rings is 1. The molecule has 1 heterocycles. The van der Waals surface area contributed by atoms with Gasteiger partial charge in [-0.2, -0.15) is 0 Å². The second-order valence-corrected chi connectivity index (χ2v) is 4.91. The van der Waals surface area contributed by atoms with Gasteiger partial charge in [0.05, 0.1) is 19.8 Å². The number of hydrogen-bond acceptors (Lipinski definition) is 3. The van der Waals surface area contributed by atoms with E-state index in [0.717, 1.165) is 11.1 Å². The molecule has 0 bridgehead atoms. The third kappa shape index (κ3) is 3.69. The first-order valence-corrected chi connectivity index (χ1v) is 6.74. The first-order valence-electron chi connectivity index (χ1n) is 6.30. The molecule has 0 saturated carbocycles. The van der Waals surface area contributed by atoms with Gasteiger partial charge >= 0.3 is 0 Å². The number of ether oxygens (including phenoxy) is 2. The fraction of sp³-hybridized carbons (Fsp3) is 0.500. The third-order valence-electron chi connectivity index (χ3n) is 3.12. The largest absolute Gasteiger partial charge is 0.380 e. The van der Waals surface area contributed by atoms with Crippen LogP contribution in [-0.4, -0.2) is 44.2 Å². The Bertz CT molecular complexity index is 415. The summed E-state index contributed by atoms with van der Waals surface area (Å²) < 4.78 is 10.3. The van der Waals surface area contributed by atoms with Crippen molar-refractivity contribution in [3.8, 4) is 0 Å². The summed E-state index contributed by atoms with van der Waals surface area (Å²) in [6.07, 6.45) is 0. The van der Waals surface area contributed by atoms with E-state index < -0.39 is 5.38 Å². The van der Waals surface area contributed by atoms with Gasteiger partial charge in [0.2, 0.25) is 5.91 Å². The molecule has 1 aromatic rings. The lowest BCUT2D eigenvalue weighted by atomic mass is 10.1. The maximum Gasteiger partial charge on any atom is 0.245 e. The van der Waals surface area contributed by atoms with E-state index in [1.54, 1.807) is 12.0 Å². The first kappa shape index (κ1) is 14.3. The summed E-state index contributed by atoms with van der Waals surface area (Å²) in [5.74, 6) is -0.0514. The van der Waals surface area contributed by atoms with Crippen LogP contribution in [0.5, 0.6) is 0 Å². The summed E-state index contributed by atoms with van der Waals surface area (Å²) >= 11 is 6.26. The van der Waals surface area contributed by atoms with Crippen molar-refractivity contribution in [1.82, 2.24) is 4.90 Å². The Labute approximate surface area is 118 Å². The van der Waals surface area contributed by atoms with Crippen LogP contribution >= 0.6 is 11.6 Å². The smallest absolute Gasteiger partial charge is 0.245 e. The average molecular weight is 284 g/mol. The minimum atomic E-state index is -0.630. The number of morpholine rings is 1. The van der Waals surface area contributed by atoms with Crippen LogP contribution in [0, 0.1) is 0 Å². The van der Waals surface area contributed by atoms with Crippen molar-refractivity contribution in [2.75, 3.05) is 33.4 Å². The molecule has 1 aliphatic rings. The molecule has 5 heteroatoms. The van der Waals surface area contributed by atoms with Crippen molar-refractivity contribution in [2.24, 2.45) is 0 Å². The predicted octanol–water partition coefficient (Wildman–Crippen LogP) is 1.97. The number of hydrogen-bond donors (Lipinski definition) is 0. The summed E-state index contributed by atoms with van der Waals surface area (Å²) in [6, 6.07) is 7.62. The highest BCUT2D eigenvalue weighted by molar-refractivity contribution is 6.30. The van der Waals surface area contributed by atoms with Crippen molar-refractivity contribution >= 4 is 17.5 Å². The maximum absolute atomic E-state index is 12.2. The molecule has 19 heavy (non-hydrogen) atoms. The maximum atomic E-state index is 12.2. The highest BCUT2D eigenvalue weighted by Gasteiger charge is 2.25. The number of halogens is 1. The lowest BCUT2D eigenvalue weighted by Gasteiger charge is -2.28. The van der Waals surface area contributed by atoms with Gasteiger partial charge in [-0.3, -0.25) is 4.79 Å². The molecule has 1 unspecified atom stereocenters. The number of methoxy groups -OCH3 is 1. The van der Waals surface area contributed by atoms with E-state index in [0.29, 0.717) is 32.9 Å². The molecular weight excluding hydrogens is 266 g/mol. The molecule has 1 fully saturated rings. The Hall–Kier alpha value is -1.10. The summed E-state index contributed by atoms with van der Waals surface area (Å²) in [6.45, 7) is 2.96. The zero-order valence-electron chi connectivity index (χ0n) is 11.0. The molecule has 104 valence electrons. The molecule has 1 aromatic carbocycles. The quantitative estimate of drug-likeness (QED) is 0.793. The molecule has 0 aromatic heterocycles. The summed E-state index contributed by atoms with van der Waals surface area (Å²) in [4.78, 5) is 14.0. The Morgan fingerprint density at radius 2 is 2.00 bits per heavy atom. The zero-order chi connectivity index (χ0) is 13.7. The van der Waals surface area contributed by atoms with Crippen molar-refractivity contribution in [3.05, 3.63) is 35.4 Å². The number of amides is 1. The fourth-order valence-electron chi connectivity index (χ4n) is 2.04. The molecule has 2 rings (SSSR count). The molecule has 0 radical (unpaired) electrons.